The minimum Gasteiger partial charge on any atom is -0.444 e. The second kappa shape index (κ2) is 7.87. The van der Waals surface area contributed by atoms with Gasteiger partial charge >= 0.3 is 6.09 Å². The predicted molar refractivity (Wildman–Crippen MR) is 82.9 cm³/mol. The number of ether oxygens (including phenoxy) is 1. The fraction of sp³-hybridized carbons (Fsp3) is 0.938. The average molecular weight is 284 g/mol. The van der Waals surface area contributed by atoms with Crippen LogP contribution in [0.3, 0.4) is 0 Å². The molecule has 0 heterocycles. The summed E-state index contributed by atoms with van der Waals surface area (Å²) in [5, 5.41) is 3.51. The summed E-state index contributed by atoms with van der Waals surface area (Å²) in [4.78, 5) is 13.9. The number of hydrogen-bond donors (Lipinski definition) is 1. The molecular weight excluding hydrogens is 252 g/mol. The maximum absolute atomic E-state index is 12.1. The molecule has 20 heavy (non-hydrogen) atoms. The largest absolute Gasteiger partial charge is 0.444 e. The van der Waals surface area contributed by atoms with E-state index in [1.165, 1.54) is 19.3 Å². The molecule has 1 aliphatic carbocycles. The van der Waals surface area contributed by atoms with Gasteiger partial charge in [-0.05, 0) is 46.5 Å². The maximum Gasteiger partial charge on any atom is 0.410 e. The number of carbonyl (C=O) groups is 1. The third-order valence-corrected chi connectivity index (χ3v) is 3.40. The van der Waals surface area contributed by atoms with Gasteiger partial charge < -0.3 is 15.0 Å². The highest BCUT2D eigenvalue weighted by Crippen LogP contribution is 2.33. The summed E-state index contributed by atoms with van der Waals surface area (Å²) in [6.07, 6.45) is 4.81. The minimum atomic E-state index is -0.421. The molecule has 1 atom stereocenters. The molecule has 1 rings (SSSR count). The third-order valence-electron chi connectivity index (χ3n) is 3.40. The van der Waals surface area contributed by atoms with Gasteiger partial charge in [-0.25, -0.2) is 4.79 Å². The highest BCUT2D eigenvalue weighted by molar-refractivity contribution is 5.68. The highest BCUT2D eigenvalue weighted by Gasteiger charge is 2.24. The van der Waals surface area contributed by atoms with Gasteiger partial charge in [0.25, 0.3) is 0 Å². The van der Waals surface area contributed by atoms with Crippen molar-refractivity contribution in [1.82, 2.24) is 10.2 Å². The van der Waals surface area contributed by atoms with Crippen LogP contribution in [0, 0.1) is 5.92 Å². The number of rotatable bonds is 8. The normalized spacial score (nSPS) is 16.9. The van der Waals surface area contributed by atoms with Gasteiger partial charge in [0.05, 0.1) is 0 Å². The van der Waals surface area contributed by atoms with Crippen LogP contribution >= 0.6 is 0 Å². The first-order valence-corrected chi connectivity index (χ1v) is 8.03. The average Bonchev–Trinajstić information content (AvgIpc) is 3.09. The molecular formula is C16H32N2O2. The molecule has 0 bridgehead atoms. The molecule has 4 nitrogen and oxygen atoms in total. The van der Waals surface area contributed by atoms with Gasteiger partial charge in [0.15, 0.2) is 0 Å². The molecule has 0 aliphatic heterocycles. The topological polar surface area (TPSA) is 41.6 Å². The van der Waals surface area contributed by atoms with Gasteiger partial charge in [0.2, 0.25) is 0 Å². The SMILES string of the molecule is CCCN(CCNC(C)CC1CC1)C(=O)OC(C)(C)C. The van der Waals surface area contributed by atoms with Crippen LogP contribution in [-0.2, 0) is 4.74 Å². The predicted octanol–water partition coefficient (Wildman–Crippen LogP) is 3.41. The van der Waals surface area contributed by atoms with Gasteiger partial charge in [-0.15, -0.1) is 0 Å². The Hall–Kier alpha value is -0.770. The third kappa shape index (κ3) is 7.73. The summed E-state index contributed by atoms with van der Waals surface area (Å²) in [6, 6.07) is 0.546. The molecule has 0 aromatic carbocycles. The van der Waals surface area contributed by atoms with E-state index in [9.17, 15) is 4.79 Å². The minimum absolute atomic E-state index is 0.198. The number of hydrogen-bond acceptors (Lipinski definition) is 3. The monoisotopic (exact) mass is 284 g/mol. The van der Waals surface area contributed by atoms with Crippen molar-refractivity contribution < 1.29 is 9.53 Å². The Kier molecular flexibility index (Phi) is 6.80. The second-order valence-corrected chi connectivity index (χ2v) is 7.00. The zero-order valence-corrected chi connectivity index (χ0v) is 13.9. The molecule has 1 amide bonds. The van der Waals surface area contributed by atoms with Crippen molar-refractivity contribution in [3.8, 4) is 0 Å². The first kappa shape index (κ1) is 17.3. The number of carbonyl (C=O) groups excluding carboxylic acids is 1. The Balaban J connectivity index is 2.27. The van der Waals surface area contributed by atoms with Crippen molar-refractivity contribution in [2.45, 2.75) is 71.9 Å². The first-order chi connectivity index (χ1) is 9.31. The van der Waals surface area contributed by atoms with Crippen LogP contribution in [0.2, 0.25) is 0 Å². The number of amides is 1. The van der Waals surface area contributed by atoms with E-state index in [0.717, 1.165) is 32.0 Å². The van der Waals surface area contributed by atoms with Crippen molar-refractivity contribution in [2.24, 2.45) is 5.92 Å². The molecule has 1 fully saturated rings. The molecule has 1 unspecified atom stereocenters. The standard InChI is InChI=1S/C16H32N2O2/c1-6-10-18(15(19)20-16(3,4)5)11-9-17-13(2)12-14-7-8-14/h13-14,17H,6-12H2,1-5H3. The number of nitrogens with zero attached hydrogens (tertiary/aromatic N) is 1. The summed E-state index contributed by atoms with van der Waals surface area (Å²) < 4.78 is 5.44. The van der Waals surface area contributed by atoms with Crippen LogP contribution in [0.4, 0.5) is 4.79 Å². The fourth-order valence-corrected chi connectivity index (χ4v) is 2.27. The molecule has 0 radical (unpaired) electrons. The van der Waals surface area contributed by atoms with E-state index in [-0.39, 0.29) is 6.09 Å². The van der Waals surface area contributed by atoms with Gasteiger partial charge in [-0.3, -0.25) is 0 Å². The Morgan fingerprint density at radius 1 is 1.35 bits per heavy atom. The van der Waals surface area contributed by atoms with Crippen molar-refractivity contribution in [3.05, 3.63) is 0 Å². The molecule has 4 heteroatoms. The van der Waals surface area contributed by atoms with Crippen LogP contribution in [0.1, 0.15) is 60.3 Å². The Morgan fingerprint density at radius 2 is 2.00 bits per heavy atom. The summed E-state index contributed by atoms with van der Waals surface area (Å²) in [7, 11) is 0. The van der Waals surface area contributed by atoms with E-state index < -0.39 is 5.60 Å². The van der Waals surface area contributed by atoms with E-state index in [2.05, 4.69) is 19.2 Å². The van der Waals surface area contributed by atoms with Crippen molar-refractivity contribution >= 4 is 6.09 Å². The van der Waals surface area contributed by atoms with Crippen molar-refractivity contribution in [3.63, 3.8) is 0 Å². The lowest BCUT2D eigenvalue weighted by atomic mass is 10.1. The van der Waals surface area contributed by atoms with Crippen LogP contribution < -0.4 is 5.32 Å². The summed E-state index contributed by atoms with van der Waals surface area (Å²) in [5.41, 5.74) is -0.421. The van der Waals surface area contributed by atoms with Crippen LogP contribution in [0.25, 0.3) is 0 Å². The lowest BCUT2D eigenvalue weighted by molar-refractivity contribution is 0.0250. The zero-order valence-electron chi connectivity index (χ0n) is 13.9. The first-order valence-electron chi connectivity index (χ1n) is 8.03. The van der Waals surface area contributed by atoms with Gasteiger partial charge in [0.1, 0.15) is 5.60 Å². The van der Waals surface area contributed by atoms with E-state index in [1.54, 1.807) is 0 Å². The fourth-order valence-electron chi connectivity index (χ4n) is 2.27. The number of nitrogens with one attached hydrogen (secondary N) is 1. The van der Waals surface area contributed by atoms with Gasteiger partial charge in [0, 0.05) is 25.7 Å². The van der Waals surface area contributed by atoms with Gasteiger partial charge in [-0.1, -0.05) is 19.8 Å². The lowest BCUT2D eigenvalue weighted by Crippen LogP contribution is -2.42. The van der Waals surface area contributed by atoms with Crippen LogP contribution in [0.15, 0.2) is 0 Å². The molecule has 118 valence electrons. The molecule has 0 spiro atoms. The molecule has 0 aromatic rings. The summed E-state index contributed by atoms with van der Waals surface area (Å²) >= 11 is 0. The Bertz CT molecular complexity index is 295. The van der Waals surface area contributed by atoms with E-state index in [0.29, 0.717) is 6.04 Å². The second-order valence-electron chi connectivity index (χ2n) is 7.00. The molecule has 1 aliphatic rings. The zero-order chi connectivity index (χ0) is 15.2. The van der Waals surface area contributed by atoms with Crippen molar-refractivity contribution in [1.29, 1.82) is 0 Å². The van der Waals surface area contributed by atoms with E-state index >= 15 is 0 Å². The Labute approximate surface area is 124 Å². The molecule has 1 N–H and O–H groups in total. The van der Waals surface area contributed by atoms with Crippen LogP contribution in [-0.4, -0.2) is 42.3 Å². The van der Waals surface area contributed by atoms with Gasteiger partial charge in [-0.2, -0.15) is 0 Å². The molecule has 1 saturated carbocycles. The van der Waals surface area contributed by atoms with E-state index in [4.69, 9.17) is 4.74 Å². The summed E-state index contributed by atoms with van der Waals surface area (Å²) in [5.74, 6) is 0.940. The van der Waals surface area contributed by atoms with Crippen molar-refractivity contribution in [2.75, 3.05) is 19.6 Å². The Morgan fingerprint density at radius 3 is 2.50 bits per heavy atom. The van der Waals surface area contributed by atoms with Crippen LogP contribution in [0.5, 0.6) is 0 Å². The highest BCUT2D eigenvalue weighted by atomic mass is 16.6. The quantitative estimate of drug-likeness (QED) is 0.742. The lowest BCUT2D eigenvalue weighted by Gasteiger charge is -2.27. The maximum atomic E-state index is 12.1. The summed E-state index contributed by atoms with van der Waals surface area (Å²) in [6.45, 7) is 12.4. The van der Waals surface area contributed by atoms with E-state index in [1.807, 2.05) is 25.7 Å². The molecule has 0 saturated heterocycles. The molecule has 0 aromatic heterocycles. The smallest absolute Gasteiger partial charge is 0.410 e.